The summed E-state index contributed by atoms with van der Waals surface area (Å²) in [6.45, 7) is 2.30. The van der Waals surface area contributed by atoms with Gasteiger partial charge in [0.05, 0.1) is 16.3 Å². The molecule has 0 radical (unpaired) electrons. The van der Waals surface area contributed by atoms with Crippen molar-refractivity contribution in [1.82, 2.24) is 9.88 Å². The van der Waals surface area contributed by atoms with E-state index in [0.29, 0.717) is 47.9 Å². The molecule has 3 amide bonds. The van der Waals surface area contributed by atoms with Gasteiger partial charge in [-0.1, -0.05) is 23.7 Å². The Hall–Kier alpha value is -2.93. The summed E-state index contributed by atoms with van der Waals surface area (Å²) in [6.07, 6.45) is 3.16. The molecule has 1 aromatic heterocycles. The van der Waals surface area contributed by atoms with Crippen LogP contribution in [0.1, 0.15) is 43.0 Å². The predicted molar refractivity (Wildman–Crippen MR) is 110 cm³/mol. The van der Waals surface area contributed by atoms with Crippen molar-refractivity contribution >= 4 is 40.8 Å². The number of pyridine rings is 1. The number of anilines is 2. The van der Waals surface area contributed by atoms with Crippen molar-refractivity contribution in [1.29, 1.82) is 0 Å². The molecule has 4 rings (SSSR count). The van der Waals surface area contributed by atoms with Crippen molar-refractivity contribution in [2.24, 2.45) is 0 Å². The van der Waals surface area contributed by atoms with Crippen LogP contribution in [0.4, 0.5) is 11.5 Å². The lowest BCUT2D eigenvalue weighted by molar-refractivity contribution is -0.118. The Balaban J connectivity index is 1.45. The van der Waals surface area contributed by atoms with E-state index in [2.05, 4.69) is 10.3 Å². The number of benzene rings is 1. The minimum Gasteiger partial charge on any atom is -0.315 e. The second-order valence-corrected chi connectivity index (χ2v) is 7.87. The molecule has 0 spiro atoms. The summed E-state index contributed by atoms with van der Waals surface area (Å²) in [6, 6.07) is 10.5. The van der Waals surface area contributed by atoms with Crippen LogP contribution in [-0.4, -0.2) is 39.8 Å². The summed E-state index contributed by atoms with van der Waals surface area (Å²) >= 11 is 5.79. The van der Waals surface area contributed by atoms with Crippen LogP contribution < -0.4 is 10.2 Å². The minimum atomic E-state index is -0.698. The number of amides is 3. The van der Waals surface area contributed by atoms with E-state index in [4.69, 9.17) is 11.6 Å². The first-order valence-corrected chi connectivity index (χ1v) is 9.93. The molecule has 29 heavy (non-hydrogen) atoms. The second-order valence-electron chi connectivity index (χ2n) is 7.43. The zero-order chi connectivity index (χ0) is 20.6. The van der Waals surface area contributed by atoms with Gasteiger partial charge in [-0.15, -0.1) is 0 Å². The van der Waals surface area contributed by atoms with E-state index in [-0.39, 0.29) is 24.1 Å². The van der Waals surface area contributed by atoms with Crippen molar-refractivity contribution in [3.05, 3.63) is 53.2 Å². The third-order valence-corrected chi connectivity index (χ3v) is 5.75. The van der Waals surface area contributed by atoms with Gasteiger partial charge in [-0.3, -0.25) is 19.3 Å². The van der Waals surface area contributed by atoms with Gasteiger partial charge in [0.1, 0.15) is 11.5 Å². The lowest BCUT2D eigenvalue weighted by atomic mass is 9.98. The van der Waals surface area contributed by atoms with Crippen LogP contribution in [-0.2, 0) is 9.59 Å². The Kier molecular flexibility index (Phi) is 5.00. The van der Waals surface area contributed by atoms with E-state index in [1.54, 1.807) is 34.1 Å². The van der Waals surface area contributed by atoms with Crippen molar-refractivity contribution in [3.8, 4) is 0 Å². The van der Waals surface area contributed by atoms with Gasteiger partial charge in [-0.05, 0) is 44.0 Å². The second kappa shape index (κ2) is 7.48. The number of nitrogens with one attached hydrogen (secondary N) is 1. The highest BCUT2D eigenvalue weighted by Crippen LogP contribution is 2.44. The first kappa shape index (κ1) is 19.4. The number of carbonyl (C=O) groups excluding carboxylic acids is 3. The van der Waals surface area contributed by atoms with Gasteiger partial charge in [0, 0.05) is 25.6 Å². The van der Waals surface area contributed by atoms with Gasteiger partial charge in [-0.2, -0.15) is 0 Å². The van der Waals surface area contributed by atoms with Crippen molar-refractivity contribution in [3.63, 3.8) is 0 Å². The number of rotatable bonds is 5. The number of nitrogens with zero attached hydrogens (tertiary/aromatic N) is 3. The molecule has 1 N–H and O–H groups in total. The quantitative estimate of drug-likeness (QED) is 0.815. The number of para-hydroxylation sites is 1. The van der Waals surface area contributed by atoms with Gasteiger partial charge in [0.25, 0.3) is 5.91 Å². The number of hydrogen-bond acceptors (Lipinski definition) is 4. The fourth-order valence-corrected chi connectivity index (χ4v) is 4.21. The fourth-order valence-electron chi connectivity index (χ4n) is 4.09. The normalized spacial score (nSPS) is 20.5. The molecular formula is C21H21ClN4O3. The average Bonchev–Trinajstić information content (AvgIpc) is 3.02. The standard InChI is InChI=1S/C21H21ClN4O3/c1-21-11-10-19(28)26(21)16-6-3-2-5-15(16)20(29)25(21)12-4-7-18(27)24-17-9-8-14(22)13-23-17/h2-3,5-6,8-9,13H,4,7,10-12H2,1H3,(H,23,24,27). The molecule has 2 aromatic rings. The molecule has 0 aliphatic carbocycles. The SMILES string of the molecule is CC12CCC(=O)N1c1ccccc1C(=O)N2CCCC(=O)Nc1ccc(Cl)cn1. The summed E-state index contributed by atoms with van der Waals surface area (Å²) in [5, 5.41) is 3.22. The molecular weight excluding hydrogens is 392 g/mol. The lowest BCUT2D eigenvalue weighted by Crippen LogP contribution is -2.62. The number of halogens is 1. The largest absolute Gasteiger partial charge is 0.315 e. The molecule has 0 saturated carbocycles. The van der Waals surface area contributed by atoms with E-state index in [9.17, 15) is 14.4 Å². The van der Waals surface area contributed by atoms with Gasteiger partial charge in [0.2, 0.25) is 11.8 Å². The first-order valence-electron chi connectivity index (χ1n) is 9.55. The van der Waals surface area contributed by atoms with Crippen LogP contribution >= 0.6 is 11.6 Å². The zero-order valence-electron chi connectivity index (χ0n) is 16.0. The lowest BCUT2D eigenvalue weighted by Gasteiger charge is -2.48. The summed E-state index contributed by atoms with van der Waals surface area (Å²) in [5.74, 6) is 0.161. The third-order valence-electron chi connectivity index (χ3n) is 5.53. The van der Waals surface area contributed by atoms with Gasteiger partial charge >= 0.3 is 0 Å². The van der Waals surface area contributed by atoms with Gasteiger partial charge in [0.15, 0.2) is 0 Å². The summed E-state index contributed by atoms with van der Waals surface area (Å²) < 4.78 is 0. The number of carbonyl (C=O) groups is 3. The van der Waals surface area contributed by atoms with E-state index in [1.165, 1.54) is 6.20 Å². The van der Waals surface area contributed by atoms with E-state index >= 15 is 0 Å². The maximum atomic E-state index is 13.1. The maximum Gasteiger partial charge on any atom is 0.257 e. The molecule has 8 heteroatoms. The maximum absolute atomic E-state index is 13.1. The van der Waals surface area contributed by atoms with Crippen LogP contribution in [0, 0.1) is 0 Å². The Bertz CT molecular complexity index is 978. The summed E-state index contributed by atoms with van der Waals surface area (Å²) in [5.41, 5.74) is 0.497. The summed E-state index contributed by atoms with van der Waals surface area (Å²) in [4.78, 5) is 45.4. The van der Waals surface area contributed by atoms with Crippen molar-refractivity contribution in [2.45, 2.75) is 38.3 Å². The molecule has 0 bridgehead atoms. The Morgan fingerprint density at radius 1 is 1.24 bits per heavy atom. The highest BCUT2D eigenvalue weighted by Gasteiger charge is 2.52. The molecule has 2 aliphatic heterocycles. The van der Waals surface area contributed by atoms with Crippen LogP contribution in [0.25, 0.3) is 0 Å². The zero-order valence-corrected chi connectivity index (χ0v) is 16.8. The van der Waals surface area contributed by atoms with Gasteiger partial charge in [-0.25, -0.2) is 4.98 Å². The first-order chi connectivity index (χ1) is 13.9. The molecule has 150 valence electrons. The molecule has 1 unspecified atom stereocenters. The Morgan fingerprint density at radius 2 is 2.03 bits per heavy atom. The van der Waals surface area contributed by atoms with Crippen LogP contribution in [0.3, 0.4) is 0 Å². The highest BCUT2D eigenvalue weighted by atomic mass is 35.5. The van der Waals surface area contributed by atoms with Crippen LogP contribution in [0.2, 0.25) is 5.02 Å². The molecule has 3 heterocycles. The molecule has 7 nitrogen and oxygen atoms in total. The monoisotopic (exact) mass is 412 g/mol. The molecule has 1 atom stereocenters. The number of hydrogen-bond donors (Lipinski definition) is 1. The average molecular weight is 413 g/mol. The fraction of sp³-hybridized carbons (Fsp3) is 0.333. The van der Waals surface area contributed by atoms with E-state index in [0.717, 1.165) is 0 Å². The molecule has 1 saturated heterocycles. The molecule has 1 aromatic carbocycles. The Labute approximate surface area is 173 Å². The van der Waals surface area contributed by atoms with Crippen molar-refractivity contribution < 1.29 is 14.4 Å². The minimum absolute atomic E-state index is 0.0176. The van der Waals surface area contributed by atoms with Gasteiger partial charge < -0.3 is 10.2 Å². The van der Waals surface area contributed by atoms with E-state index in [1.807, 2.05) is 19.1 Å². The summed E-state index contributed by atoms with van der Waals surface area (Å²) in [7, 11) is 0. The van der Waals surface area contributed by atoms with E-state index < -0.39 is 5.66 Å². The third kappa shape index (κ3) is 3.46. The van der Waals surface area contributed by atoms with Crippen molar-refractivity contribution in [2.75, 3.05) is 16.8 Å². The number of fused-ring (bicyclic) bond motifs is 3. The van der Waals surface area contributed by atoms with Crippen LogP contribution in [0.15, 0.2) is 42.6 Å². The smallest absolute Gasteiger partial charge is 0.257 e. The van der Waals surface area contributed by atoms with Crippen LogP contribution in [0.5, 0.6) is 0 Å². The predicted octanol–water partition coefficient (Wildman–Crippen LogP) is 3.45. The topological polar surface area (TPSA) is 82.6 Å². The molecule has 1 fully saturated rings. The highest BCUT2D eigenvalue weighted by molar-refractivity contribution is 6.30. The number of aromatic nitrogens is 1. The molecule has 2 aliphatic rings. The Morgan fingerprint density at radius 3 is 2.79 bits per heavy atom.